The maximum Gasteiger partial charge on any atom is 0.373 e. The highest BCUT2D eigenvalue weighted by Crippen LogP contribution is 2.34. The normalized spacial score (nSPS) is 20.8. The molecule has 3 aliphatic rings. The van der Waals surface area contributed by atoms with E-state index in [-0.39, 0.29) is 29.5 Å². The summed E-state index contributed by atoms with van der Waals surface area (Å²) in [5.74, 6) is -1.13. The average molecular weight is 397 g/mol. The molecule has 0 amide bonds. The van der Waals surface area contributed by atoms with Crippen molar-refractivity contribution in [3.05, 3.63) is 58.4 Å². The molecule has 1 atom stereocenters. The highest BCUT2D eigenvalue weighted by Gasteiger charge is 2.38. The van der Waals surface area contributed by atoms with Gasteiger partial charge in [-0.15, -0.1) is 0 Å². The molecule has 1 fully saturated rings. The van der Waals surface area contributed by atoms with Crippen molar-refractivity contribution in [2.24, 2.45) is 0 Å². The van der Waals surface area contributed by atoms with Gasteiger partial charge < -0.3 is 9.47 Å². The Hall–Kier alpha value is -2.73. The fraction of sp³-hybridized carbons (Fsp3) is 0.435. The van der Waals surface area contributed by atoms with E-state index in [4.69, 9.17) is 9.47 Å². The summed E-state index contributed by atoms with van der Waals surface area (Å²) in [4.78, 5) is 40.2. The minimum Gasteiger partial charge on any atom is -0.478 e. The van der Waals surface area contributed by atoms with Gasteiger partial charge in [0.05, 0.1) is 5.57 Å². The summed E-state index contributed by atoms with van der Waals surface area (Å²) in [6.07, 6.45) is 3.02. The van der Waals surface area contributed by atoms with Crippen LogP contribution in [0, 0.1) is 0 Å². The average Bonchev–Trinajstić information content (AvgIpc) is 3.26. The van der Waals surface area contributed by atoms with Crippen molar-refractivity contribution in [3.63, 3.8) is 0 Å². The molecule has 0 bridgehead atoms. The summed E-state index contributed by atoms with van der Waals surface area (Å²) in [7, 11) is 0. The van der Waals surface area contributed by atoms with Crippen LogP contribution in [0.5, 0.6) is 0 Å². The van der Waals surface area contributed by atoms with E-state index in [9.17, 15) is 14.4 Å². The van der Waals surface area contributed by atoms with Crippen molar-refractivity contribution >= 4 is 17.5 Å². The Morgan fingerprint density at radius 3 is 2.38 bits per heavy atom. The van der Waals surface area contributed by atoms with Crippen LogP contribution in [0.1, 0.15) is 54.3 Å². The Bertz CT molecular complexity index is 877. The number of carbonyl (C=O) groups excluding carboxylic acids is 3. The lowest BCUT2D eigenvalue weighted by molar-refractivity contribution is -0.144. The zero-order valence-electron chi connectivity index (χ0n) is 17.2. The molecule has 1 aliphatic carbocycles. The molecule has 2 aliphatic heterocycles. The van der Waals surface area contributed by atoms with Crippen molar-refractivity contribution in [3.8, 4) is 0 Å². The summed E-state index contributed by atoms with van der Waals surface area (Å²) in [5.41, 5.74) is 1.26. The molecular formula is C23H27NO5. The van der Waals surface area contributed by atoms with E-state index in [1.165, 1.54) is 18.9 Å². The second kappa shape index (κ2) is 9.18. The molecule has 0 N–H and O–H groups in total. The Kier molecular flexibility index (Phi) is 6.64. The topological polar surface area (TPSA) is 72.9 Å². The second-order valence-corrected chi connectivity index (χ2v) is 6.98. The zero-order valence-corrected chi connectivity index (χ0v) is 17.2. The number of hydrogen-bond donors (Lipinski definition) is 0. The van der Waals surface area contributed by atoms with Crippen LogP contribution in [0.3, 0.4) is 0 Å². The van der Waals surface area contributed by atoms with Gasteiger partial charge >= 0.3 is 5.97 Å². The van der Waals surface area contributed by atoms with Gasteiger partial charge in [0.2, 0.25) is 5.76 Å². The molecule has 154 valence electrons. The highest BCUT2D eigenvalue weighted by atomic mass is 16.6. The summed E-state index contributed by atoms with van der Waals surface area (Å²) in [5, 5.41) is 0. The fourth-order valence-electron chi connectivity index (χ4n) is 3.83. The number of likely N-dealkylation sites (tertiary alicyclic amines) is 1. The van der Waals surface area contributed by atoms with Crippen LogP contribution in [0.4, 0.5) is 0 Å². The lowest BCUT2D eigenvalue weighted by Crippen LogP contribution is -2.33. The Morgan fingerprint density at radius 1 is 1.10 bits per heavy atom. The molecule has 0 aromatic heterocycles. The predicted octanol–water partition coefficient (Wildman–Crippen LogP) is 3.33. The van der Waals surface area contributed by atoms with Gasteiger partial charge in [-0.2, -0.15) is 0 Å². The van der Waals surface area contributed by atoms with E-state index in [0.29, 0.717) is 23.2 Å². The molecule has 4 rings (SSSR count). The molecule has 0 spiro atoms. The number of Topliss-reactive ketones (excluding diaryl/α,β-unsaturated/α-hetero) is 2. The monoisotopic (exact) mass is 397 g/mol. The van der Waals surface area contributed by atoms with Crippen LogP contribution >= 0.6 is 0 Å². The first kappa shape index (κ1) is 21.0. The van der Waals surface area contributed by atoms with E-state index < -0.39 is 12.1 Å². The standard InChI is InChI=1S/C21H21NO5.C2H6/c1-13-18-16(19(23)14-6-2-3-7-15(14)20(18)24)12-17(27-13)21(25)26-11-10-22-8-4-5-9-22;1-2/h2-3,6-7,12-13H,4-5,8-11H2,1H3;1-2H3. The van der Waals surface area contributed by atoms with Gasteiger partial charge in [0.1, 0.15) is 12.7 Å². The van der Waals surface area contributed by atoms with Crippen LogP contribution in [0.15, 0.2) is 47.2 Å². The third kappa shape index (κ3) is 4.17. The highest BCUT2D eigenvalue weighted by molar-refractivity contribution is 6.28. The first-order chi connectivity index (χ1) is 14.1. The van der Waals surface area contributed by atoms with Crippen LogP contribution in [-0.4, -0.2) is 54.8 Å². The third-order valence-corrected chi connectivity index (χ3v) is 5.22. The SMILES string of the molecule is CC.CC1OC(C(=O)OCCN2CCCC2)=CC2=C1C(=O)c1ccccc1C2=O. The quantitative estimate of drug-likeness (QED) is 0.726. The van der Waals surface area contributed by atoms with Gasteiger partial charge in [-0.3, -0.25) is 14.5 Å². The first-order valence-electron chi connectivity index (χ1n) is 10.3. The number of benzene rings is 1. The van der Waals surface area contributed by atoms with Crippen molar-refractivity contribution in [1.82, 2.24) is 4.90 Å². The molecule has 2 heterocycles. The number of allylic oxidation sites excluding steroid dienone is 2. The molecule has 1 aromatic rings. The number of rotatable bonds is 4. The minimum atomic E-state index is -0.684. The van der Waals surface area contributed by atoms with E-state index in [1.807, 2.05) is 13.8 Å². The molecule has 6 nitrogen and oxygen atoms in total. The fourth-order valence-corrected chi connectivity index (χ4v) is 3.83. The molecule has 0 saturated carbocycles. The third-order valence-electron chi connectivity index (χ3n) is 5.22. The maximum atomic E-state index is 12.8. The lowest BCUT2D eigenvalue weighted by atomic mass is 9.81. The van der Waals surface area contributed by atoms with E-state index in [0.717, 1.165) is 13.1 Å². The largest absolute Gasteiger partial charge is 0.478 e. The Labute approximate surface area is 171 Å². The maximum absolute atomic E-state index is 12.8. The van der Waals surface area contributed by atoms with Crippen LogP contribution in [-0.2, 0) is 14.3 Å². The molecule has 1 saturated heterocycles. The zero-order chi connectivity index (χ0) is 21.0. The smallest absolute Gasteiger partial charge is 0.373 e. The Balaban J connectivity index is 0.00000117. The minimum absolute atomic E-state index is 0.0248. The van der Waals surface area contributed by atoms with Crippen LogP contribution in [0.2, 0.25) is 0 Å². The molecule has 1 unspecified atom stereocenters. The summed E-state index contributed by atoms with van der Waals surface area (Å²) < 4.78 is 10.9. The first-order valence-corrected chi connectivity index (χ1v) is 10.3. The number of hydrogen-bond acceptors (Lipinski definition) is 6. The summed E-state index contributed by atoms with van der Waals surface area (Å²) >= 11 is 0. The molecule has 6 heteroatoms. The summed E-state index contributed by atoms with van der Waals surface area (Å²) in [6, 6.07) is 6.71. The predicted molar refractivity (Wildman–Crippen MR) is 109 cm³/mol. The van der Waals surface area contributed by atoms with Gasteiger partial charge in [0.15, 0.2) is 11.6 Å². The second-order valence-electron chi connectivity index (χ2n) is 6.98. The molecule has 29 heavy (non-hydrogen) atoms. The number of fused-ring (bicyclic) bond motifs is 1. The molecular weight excluding hydrogens is 370 g/mol. The van der Waals surface area contributed by atoms with Gasteiger partial charge in [0, 0.05) is 23.2 Å². The van der Waals surface area contributed by atoms with Crippen LogP contribution in [0.25, 0.3) is 0 Å². The van der Waals surface area contributed by atoms with Gasteiger partial charge in [-0.05, 0) is 38.9 Å². The van der Waals surface area contributed by atoms with Gasteiger partial charge in [0.25, 0.3) is 0 Å². The van der Waals surface area contributed by atoms with Crippen molar-refractivity contribution in [2.45, 2.75) is 39.7 Å². The van der Waals surface area contributed by atoms with E-state index in [1.54, 1.807) is 31.2 Å². The van der Waals surface area contributed by atoms with E-state index >= 15 is 0 Å². The van der Waals surface area contributed by atoms with E-state index in [2.05, 4.69) is 4.90 Å². The number of nitrogens with zero attached hydrogens (tertiary/aromatic N) is 1. The van der Waals surface area contributed by atoms with Gasteiger partial charge in [-0.1, -0.05) is 38.1 Å². The number of carbonyl (C=O) groups is 3. The number of esters is 1. The molecule has 1 aromatic carbocycles. The number of ether oxygens (including phenoxy) is 2. The Morgan fingerprint density at radius 2 is 1.72 bits per heavy atom. The molecule has 0 radical (unpaired) electrons. The van der Waals surface area contributed by atoms with Crippen LogP contribution < -0.4 is 0 Å². The van der Waals surface area contributed by atoms with Crippen molar-refractivity contribution in [1.29, 1.82) is 0 Å². The van der Waals surface area contributed by atoms with Gasteiger partial charge in [-0.25, -0.2) is 4.79 Å². The summed E-state index contributed by atoms with van der Waals surface area (Å²) in [6.45, 7) is 8.68. The number of ketones is 2. The van der Waals surface area contributed by atoms with Crippen molar-refractivity contribution in [2.75, 3.05) is 26.2 Å². The lowest BCUT2D eigenvalue weighted by Gasteiger charge is -2.28. The van der Waals surface area contributed by atoms with Crippen molar-refractivity contribution < 1.29 is 23.9 Å².